The van der Waals surface area contributed by atoms with Crippen molar-refractivity contribution in [2.24, 2.45) is 0 Å². The Morgan fingerprint density at radius 2 is 2.30 bits per heavy atom. The Labute approximate surface area is 131 Å². The number of halogens is 1. The van der Waals surface area contributed by atoms with Crippen molar-refractivity contribution >= 4 is 5.91 Å². The maximum atomic E-state index is 13.0. The van der Waals surface area contributed by atoms with E-state index in [1.807, 2.05) is 0 Å². The molecule has 0 bridgehead atoms. The predicted octanol–water partition coefficient (Wildman–Crippen LogP) is 0.818. The van der Waals surface area contributed by atoms with Crippen LogP contribution in [0.1, 0.15) is 16.4 Å². The molecular weight excluding hydrogens is 307 g/mol. The highest BCUT2D eigenvalue weighted by Crippen LogP contribution is 2.14. The van der Waals surface area contributed by atoms with Gasteiger partial charge in [-0.15, -0.1) is 0 Å². The SMILES string of the molecule is CN(CC(O)CO)C(=O)c1coc(COc2cccc(F)c2)n1. The van der Waals surface area contributed by atoms with E-state index in [-0.39, 0.29) is 24.7 Å². The zero-order valence-electron chi connectivity index (χ0n) is 12.5. The molecule has 2 aromatic rings. The lowest BCUT2D eigenvalue weighted by atomic mass is 10.3. The highest BCUT2D eigenvalue weighted by Gasteiger charge is 2.19. The summed E-state index contributed by atoms with van der Waals surface area (Å²) in [5.41, 5.74) is 0.0514. The number of aliphatic hydroxyl groups excluding tert-OH is 2. The van der Waals surface area contributed by atoms with Crippen molar-refractivity contribution in [1.82, 2.24) is 9.88 Å². The maximum Gasteiger partial charge on any atom is 0.275 e. The number of carbonyl (C=O) groups is 1. The molecule has 0 saturated heterocycles. The van der Waals surface area contributed by atoms with Gasteiger partial charge in [-0.2, -0.15) is 0 Å². The highest BCUT2D eigenvalue weighted by molar-refractivity contribution is 5.91. The van der Waals surface area contributed by atoms with Crippen molar-refractivity contribution in [2.75, 3.05) is 20.2 Å². The van der Waals surface area contributed by atoms with Crippen molar-refractivity contribution in [1.29, 1.82) is 0 Å². The second-order valence-corrected chi connectivity index (χ2v) is 4.89. The van der Waals surface area contributed by atoms with Crippen molar-refractivity contribution < 1.29 is 28.6 Å². The molecule has 0 aliphatic carbocycles. The topological polar surface area (TPSA) is 96.0 Å². The van der Waals surface area contributed by atoms with Crippen LogP contribution < -0.4 is 4.74 Å². The van der Waals surface area contributed by atoms with Gasteiger partial charge in [-0.1, -0.05) is 6.07 Å². The van der Waals surface area contributed by atoms with Crippen LogP contribution in [-0.2, 0) is 6.61 Å². The Hall–Kier alpha value is -2.45. The van der Waals surface area contributed by atoms with Gasteiger partial charge in [0.1, 0.15) is 17.8 Å². The fraction of sp³-hybridized carbons (Fsp3) is 0.333. The van der Waals surface area contributed by atoms with E-state index in [0.29, 0.717) is 5.75 Å². The van der Waals surface area contributed by atoms with Gasteiger partial charge in [-0.25, -0.2) is 9.37 Å². The monoisotopic (exact) mass is 324 g/mol. The zero-order chi connectivity index (χ0) is 16.8. The maximum absolute atomic E-state index is 13.0. The normalized spacial score (nSPS) is 12.0. The molecule has 0 spiro atoms. The number of likely N-dealkylation sites (N-methyl/N-ethyl adjacent to an activating group) is 1. The minimum absolute atomic E-state index is 0.0304. The van der Waals surface area contributed by atoms with Crippen LogP contribution in [-0.4, -0.2) is 52.3 Å². The van der Waals surface area contributed by atoms with Crippen LogP contribution in [0.3, 0.4) is 0 Å². The quantitative estimate of drug-likeness (QED) is 0.783. The van der Waals surface area contributed by atoms with Crippen LogP contribution in [0, 0.1) is 5.82 Å². The molecule has 1 atom stereocenters. The first-order valence-corrected chi connectivity index (χ1v) is 6.86. The third-order valence-electron chi connectivity index (χ3n) is 2.97. The molecule has 0 radical (unpaired) electrons. The highest BCUT2D eigenvalue weighted by atomic mass is 19.1. The Kier molecular flexibility index (Phi) is 5.67. The van der Waals surface area contributed by atoms with Gasteiger partial charge in [0, 0.05) is 19.7 Å². The fourth-order valence-corrected chi connectivity index (χ4v) is 1.83. The molecule has 1 aromatic carbocycles. The third kappa shape index (κ3) is 4.76. The molecule has 0 aliphatic heterocycles. The fourth-order valence-electron chi connectivity index (χ4n) is 1.83. The molecule has 1 amide bonds. The molecular formula is C15H17FN2O5. The first-order valence-electron chi connectivity index (χ1n) is 6.86. The van der Waals surface area contributed by atoms with Gasteiger partial charge in [0.25, 0.3) is 5.91 Å². The van der Waals surface area contributed by atoms with Gasteiger partial charge < -0.3 is 24.3 Å². The summed E-state index contributed by atoms with van der Waals surface area (Å²) in [7, 11) is 1.47. The number of hydrogen-bond acceptors (Lipinski definition) is 6. The Bertz CT molecular complexity index is 661. The number of aromatic nitrogens is 1. The standard InChI is InChI=1S/C15H17FN2O5/c1-18(6-11(20)7-19)15(21)13-8-23-14(17-13)9-22-12-4-2-3-10(16)5-12/h2-5,8,11,19-20H,6-7,9H2,1H3. The number of aliphatic hydroxyl groups is 2. The minimum atomic E-state index is -1.02. The molecule has 2 N–H and O–H groups in total. The first-order chi connectivity index (χ1) is 11.0. The minimum Gasteiger partial charge on any atom is -0.484 e. The summed E-state index contributed by atoms with van der Waals surface area (Å²) in [5.74, 6) is -0.402. The van der Waals surface area contributed by atoms with E-state index in [1.54, 1.807) is 6.07 Å². The van der Waals surface area contributed by atoms with Crippen molar-refractivity contribution in [3.05, 3.63) is 47.9 Å². The number of nitrogens with zero attached hydrogens (tertiary/aromatic N) is 2. The van der Waals surface area contributed by atoms with Crippen LogP contribution in [0.25, 0.3) is 0 Å². The van der Waals surface area contributed by atoms with Gasteiger partial charge >= 0.3 is 0 Å². The van der Waals surface area contributed by atoms with E-state index in [1.165, 1.54) is 36.4 Å². The van der Waals surface area contributed by atoms with Crippen LogP contribution in [0.2, 0.25) is 0 Å². The molecule has 8 heteroatoms. The summed E-state index contributed by atoms with van der Waals surface area (Å²) >= 11 is 0. The van der Waals surface area contributed by atoms with Gasteiger partial charge in [-0.05, 0) is 12.1 Å². The summed E-state index contributed by atoms with van der Waals surface area (Å²) in [4.78, 5) is 17.2. The Morgan fingerprint density at radius 3 is 3.00 bits per heavy atom. The summed E-state index contributed by atoms with van der Waals surface area (Å²) in [6.45, 7) is -0.528. The molecule has 1 heterocycles. The lowest BCUT2D eigenvalue weighted by molar-refractivity contribution is 0.0516. The summed E-state index contributed by atoms with van der Waals surface area (Å²) in [6, 6.07) is 5.61. The number of benzene rings is 1. The number of hydrogen-bond donors (Lipinski definition) is 2. The smallest absolute Gasteiger partial charge is 0.275 e. The summed E-state index contributed by atoms with van der Waals surface area (Å²) < 4.78 is 23.5. The van der Waals surface area contributed by atoms with Crippen LogP contribution >= 0.6 is 0 Å². The van der Waals surface area contributed by atoms with E-state index < -0.39 is 24.4 Å². The average Bonchev–Trinajstić information content (AvgIpc) is 3.01. The molecule has 1 aromatic heterocycles. The van der Waals surface area contributed by atoms with Crippen molar-refractivity contribution in [2.45, 2.75) is 12.7 Å². The van der Waals surface area contributed by atoms with Crippen molar-refractivity contribution in [3.8, 4) is 5.75 Å². The predicted molar refractivity (Wildman–Crippen MR) is 77.3 cm³/mol. The lowest BCUT2D eigenvalue weighted by Gasteiger charge is -2.18. The molecule has 23 heavy (non-hydrogen) atoms. The Morgan fingerprint density at radius 1 is 1.52 bits per heavy atom. The van der Waals surface area contributed by atoms with E-state index in [9.17, 15) is 14.3 Å². The molecule has 0 saturated carbocycles. The van der Waals surface area contributed by atoms with Gasteiger partial charge in [-0.3, -0.25) is 4.79 Å². The van der Waals surface area contributed by atoms with E-state index in [2.05, 4.69) is 4.98 Å². The molecule has 124 valence electrons. The second kappa shape index (κ2) is 7.70. The number of rotatable bonds is 7. The number of carbonyl (C=O) groups excluding carboxylic acids is 1. The number of ether oxygens (including phenoxy) is 1. The second-order valence-electron chi connectivity index (χ2n) is 4.89. The third-order valence-corrected chi connectivity index (χ3v) is 2.97. The largest absolute Gasteiger partial charge is 0.484 e. The lowest BCUT2D eigenvalue weighted by Crippen LogP contribution is -2.36. The van der Waals surface area contributed by atoms with Crippen LogP contribution in [0.4, 0.5) is 4.39 Å². The number of oxazole rings is 1. The summed E-state index contributed by atoms with van der Waals surface area (Å²) in [6.07, 6.45) is 0.153. The number of amides is 1. The van der Waals surface area contributed by atoms with Crippen LogP contribution in [0.15, 0.2) is 34.9 Å². The van der Waals surface area contributed by atoms with Crippen LogP contribution in [0.5, 0.6) is 5.75 Å². The van der Waals surface area contributed by atoms with E-state index >= 15 is 0 Å². The van der Waals surface area contributed by atoms with E-state index in [4.69, 9.17) is 14.3 Å². The summed E-state index contributed by atoms with van der Waals surface area (Å²) in [5, 5.41) is 18.1. The van der Waals surface area contributed by atoms with Gasteiger partial charge in [0.15, 0.2) is 12.3 Å². The molecule has 1 unspecified atom stereocenters. The van der Waals surface area contributed by atoms with Crippen molar-refractivity contribution in [3.63, 3.8) is 0 Å². The van der Waals surface area contributed by atoms with Gasteiger partial charge in [0.2, 0.25) is 5.89 Å². The van der Waals surface area contributed by atoms with Gasteiger partial charge in [0.05, 0.1) is 12.7 Å². The molecule has 7 nitrogen and oxygen atoms in total. The Balaban J connectivity index is 1.93. The molecule has 0 fully saturated rings. The molecule has 0 aliphatic rings. The average molecular weight is 324 g/mol. The first kappa shape index (κ1) is 16.9. The van der Waals surface area contributed by atoms with E-state index in [0.717, 1.165) is 0 Å². The zero-order valence-corrected chi connectivity index (χ0v) is 12.5. The molecule has 2 rings (SSSR count).